The van der Waals surface area contributed by atoms with Crippen LogP contribution in [0, 0.1) is 0 Å². The molecular weight excluding hydrogens is 242 g/mol. The largest absolute Gasteiger partial charge is 0.395 e. The molecule has 1 fully saturated rings. The molecule has 0 aliphatic carbocycles. The van der Waals surface area contributed by atoms with Gasteiger partial charge in [0, 0.05) is 13.7 Å². The lowest BCUT2D eigenvalue weighted by molar-refractivity contribution is 0.138. The Kier molecular flexibility index (Phi) is 3.99. The van der Waals surface area contributed by atoms with Crippen LogP contribution in [0.3, 0.4) is 0 Å². The molecule has 2 rings (SSSR count). The first-order chi connectivity index (χ1) is 8.20. The van der Waals surface area contributed by atoms with Gasteiger partial charge in [0.1, 0.15) is 5.15 Å². The SMILES string of the molecule is COCc1cc(Cl)nc([C@@]2(CO)CCOC2)c1. The summed E-state index contributed by atoms with van der Waals surface area (Å²) in [5.41, 5.74) is 1.34. The molecule has 0 radical (unpaired) electrons. The van der Waals surface area contributed by atoms with Crippen LogP contribution in [0.2, 0.25) is 5.15 Å². The van der Waals surface area contributed by atoms with Crippen LogP contribution in [0.15, 0.2) is 12.1 Å². The molecular formula is C12H16ClNO3. The molecule has 0 spiro atoms. The van der Waals surface area contributed by atoms with Gasteiger partial charge in [-0.15, -0.1) is 0 Å². The Labute approximate surface area is 106 Å². The van der Waals surface area contributed by atoms with Crippen molar-refractivity contribution < 1.29 is 14.6 Å². The topological polar surface area (TPSA) is 51.6 Å². The summed E-state index contributed by atoms with van der Waals surface area (Å²) in [7, 11) is 1.63. The smallest absolute Gasteiger partial charge is 0.129 e. The third kappa shape index (κ3) is 2.60. The molecule has 4 nitrogen and oxygen atoms in total. The zero-order chi connectivity index (χ0) is 12.3. The van der Waals surface area contributed by atoms with Crippen molar-refractivity contribution >= 4 is 11.6 Å². The average molecular weight is 258 g/mol. The highest BCUT2D eigenvalue weighted by Gasteiger charge is 2.38. The Hall–Kier alpha value is -0.680. The first-order valence-corrected chi connectivity index (χ1v) is 5.92. The van der Waals surface area contributed by atoms with E-state index in [2.05, 4.69) is 4.98 Å². The first kappa shape index (κ1) is 12.8. The van der Waals surface area contributed by atoms with Crippen molar-refractivity contribution in [3.63, 3.8) is 0 Å². The summed E-state index contributed by atoms with van der Waals surface area (Å²) in [4.78, 5) is 4.31. The highest BCUT2D eigenvalue weighted by atomic mass is 35.5. The quantitative estimate of drug-likeness (QED) is 0.832. The normalized spacial score (nSPS) is 24.2. The summed E-state index contributed by atoms with van der Waals surface area (Å²) in [6.07, 6.45) is 0.767. The maximum atomic E-state index is 9.59. The van der Waals surface area contributed by atoms with Gasteiger partial charge in [0.25, 0.3) is 0 Å². The zero-order valence-corrected chi connectivity index (χ0v) is 10.5. The van der Waals surface area contributed by atoms with Crippen LogP contribution in [-0.2, 0) is 21.5 Å². The number of hydrogen-bond donors (Lipinski definition) is 1. The van der Waals surface area contributed by atoms with E-state index in [0.29, 0.717) is 25.0 Å². The van der Waals surface area contributed by atoms with E-state index < -0.39 is 5.41 Å². The van der Waals surface area contributed by atoms with Crippen LogP contribution in [0.1, 0.15) is 17.7 Å². The average Bonchev–Trinajstić information content (AvgIpc) is 2.78. The number of ether oxygens (including phenoxy) is 2. The molecule has 1 aromatic heterocycles. The van der Waals surface area contributed by atoms with E-state index in [1.54, 1.807) is 13.2 Å². The lowest BCUT2D eigenvalue weighted by Crippen LogP contribution is -2.32. The number of methoxy groups -OCH3 is 1. The summed E-state index contributed by atoms with van der Waals surface area (Å²) >= 11 is 5.99. The fourth-order valence-corrected chi connectivity index (χ4v) is 2.32. The summed E-state index contributed by atoms with van der Waals surface area (Å²) in [6.45, 7) is 1.64. The third-order valence-electron chi connectivity index (χ3n) is 3.11. The fraction of sp³-hybridized carbons (Fsp3) is 0.583. The predicted octanol–water partition coefficient (Wildman–Crippen LogP) is 1.53. The van der Waals surface area contributed by atoms with Crippen molar-refractivity contribution in [3.05, 3.63) is 28.5 Å². The Bertz CT molecular complexity index is 391. The molecule has 1 atom stereocenters. The van der Waals surface area contributed by atoms with Crippen molar-refractivity contribution in [2.75, 3.05) is 26.9 Å². The van der Waals surface area contributed by atoms with E-state index in [0.717, 1.165) is 17.7 Å². The molecule has 0 aromatic carbocycles. The molecule has 5 heteroatoms. The number of aromatic nitrogens is 1. The molecule has 0 saturated carbocycles. The van der Waals surface area contributed by atoms with Crippen LogP contribution >= 0.6 is 11.6 Å². The summed E-state index contributed by atoms with van der Waals surface area (Å²) < 4.78 is 10.5. The van der Waals surface area contributed by atoms with Crippen LogP contribution in [-0.4, -0.2) is 37.0 Å². The number of rotatable bonds is 4. The van der Waals surface area contributed by atoms with Crippen molar-refractivity contribution in [1.29, 1.82) is 0 Å². The minimum absolute atomic E-state index is 0.0206. The Balaban J connectivity index is 2.36. The molecule has 94 valence electrons. The van der Waals surface area contributed by atoms with E-state index in [-0.39, 0.29) is 6.61 Å². The highest BCUT2D eigenvalue weighted by molar-refractivity contribution is 6.29. The standard InChI is InChI=1S/C12H16ClNO3/c1-16-6-9-4-10(14-11(13)5-9)12(7-15)2-3-17-8-12/h4-5,15H,2-3,6-8H2,1H3/t12-/m1/s1. The first-order valence-electron chi connectivity index (χ1n) is 5.55. The van der Waals surface area contributed by atoms with Gasteiger partial charge in [-0.2, -0.15) is 0 Å². The van der Waals surface area contributed by atoms with Crippen LogP contribution in [0.4, 0.5) is 0 Å². The Morgan fingerprint density at radius 2 is 2.41 bits per heavy atom. The second-order valence-electron chi connectivity index (χ2n) is 4.36. The van der Waals surface area contributed by atoms with Crippen molar-refractivity contribution in [2.45, 2.75) is 18.4 Å². The maximum Gasteiger partial charge on any atom is 0.129 e. The Morgan fingerprint density at radius 3 is 3.00 bits per heavy atom. The highest BCUT2D eigenvalue weighted by Crippen LogP contribution is 2.32. The molecule has 0 bridgehead atoms. The van der Waals surface area contributed by atoms with E-state index in [1.807, 2.05) is 6.07 Å². The van der Waals surface area contributed by atoms with Crippen molar-refractivity contribution in [1.82, 2.24) is 4.98 Å². The van der Waals surface area contributed by atoms with Crippen LogP contribution in [0.25, 0.3) is 0 Å². The third-order valence-corrected chi connectivity index (χ3v) is 3.31. The number of aliphatic hydroxyl groups excluding tert-OH is 1. The molecule has 1 saturated heterocycles. The Morgan fingerprint density at radius 1 is 1.59 bits per heavy atom. The van der Waals surface area contributed by atoms with Crippen LogP contribution < -0.4 is 0 Å². The molecule has 2 heterocycles. The number of hydrogen-bond acceptors (Lipinski definition) is 4. The molecule has 1 aromatic rings. The van der Waals surface area contributed by atoms with Gasteiger partial charge in [-0.1, -0.05) is 11.6 Å². The number of halogens is 1. The zero-order valence-electron chi connectivity index (χ0n) is 9.78. The van der Waals surface area contributed by atoms with Gasteiger partial charge in [-0.05, 0) is 24.1 Å². The van der Waals surface area contributed by atoms with E-state index in [1.165, 1.54) is 0 Å². The van der Waals surface area contributed by atoms with Gasteiger partial charge < -0.3 is 14.6 Å². The lowest BCUT2D eigenvalue weighted by Gasteiger charge is -2.24. The number of pyridine rings is 1. The molecule has 1 aliphatic rings. The molecule has 1 aliphatic heterocycles. The molecule has 0 unspecified atom stereocenters. The number of aliphatic hydroxyl groups is 1. The van der Waals surface area contributed by atoms with Crippen molar-refractivity contribution in [2.24, 2.45) is 0 Å². The summed E-state index contributed by atoms with van der Waals surface area (Å²) in [6, 6.07) is 3.70. The second kappa shape index (κ2) is 5.31. The lowest BCUT2D eigenvalue weighted by atomic mass is 9.84. The van der Waals surface area contributed by atoms with Gasteiger partial charge in [0.15, 0.2) is 0 Å². The summed E-state index contributed by atoms with van der Waals surface area (Å²) in [5.74, 6) is 0. The fourth-order valence-electron chi connectivity index (χ4n) is 2.09. The van der Waals surface area contributed by atoms with Gasteiger partial charge in [0.05, 0.1) is 30.9 Å². The van der Waals surface area contributed by atoms with E-state index in [4.69, 9.17) is 21.1 Å². The monoisotopic (exact) mass is 257 g/mol. The minimum atomic E-state index is -0.409. The van der Waals surface area contributed by atoms with E-state index in [9.17, 15) is 5.11 Å². The minimum Gasteiger partial charge on any atom is -0.395 e. The van der Waals surface area contributed by atoms with Gasteiger partial charge in [-0.3, -0.25) is 0 Å². The second-order valence-corrected chi connectivity index (χ2v) is 4.74. The van der Waals surface area contributed by atoms with Gasteiger partial charge in [0.2, 0.25) is 0 Å². The molecule has 0 amide bonds. The maximum absolute atomic E-state index is 9.59. The molecule has 1 N–H and O–H groups in total. The van der Waals surface area contributed by atoms with Crippen molar-refractivity contribution in [3.8, 4) is 0 Å². The predicted molar refractivity (Wildman–Crippen MR) is 64.2 cm³/mol. The number of nitrogens with zero attached hydrogens (tertiary/aromatic N) is 1. The van der Waals surface area contributed by atoms with Crippen LogP contribution in [0.5, 0.6) is 0 Å². The summed E-state index contributed by atoms with van der Waals surface area (Å²) in [5, 5.41) is 10.0. The van der Waals surface area contributed by atoms with Gasteiger partial charge >= 0.3 is 0 Å². The van der Waals surface area contributed by atoms with Gasteiger partial charge in [-0.25, -0.2) is 4.98 Å². The molecule has 17 heavy (non-hydrogen) atoms. The van der Waals surface area contributed by atoms with E-state index >= 15 is 0 Å².